The zero-order valence-corrected chi connectivity index (χ0v) is 11.0. The van der Waals surface area contributed by atoms with Crippen LogP contribution in [-0.4, -0.2) is 30.3 Å². The molecule has 0 aromatic heterocycles. The Morgan fingerprint density at radius 2 is 2.24 bits per heavy atom. The van der Waals surface area contributed by atoms with Gasteiger partial charge in [0.25, 0.3) is 5.91 Å². The molecule has 0 aromatic carbocycles. The van der Waals surface area contributed by atoms with Crippen molar-refractivity contribution in [1.82, 2.24) is 5.32 Å². The molecule has 1 atom stereocenters. The van der Waals surface area contributed by atoms with Crippen molar-refractivity contribution >= 4 is 5.91 Å². The van der Waals surface area contributed by atoms with Crippen LogP contribution in [0.4, 0.5) is 0 Å². The molecular formula is C13H23NO3. The van der Waals surface area contributed by atoms with Gasteiger partial charge in [-0.3, -0.25) is 4.79 Å². The molecule has 0 aromatic rings. The molecule has 0 fully saturated rings. The van der Waals surface area contributed by atoms with Crippen LogP contribution in [0.1, 0.15) is 40.0 Å². The average molecular weight is 241 g/mol. The summed E-state index contributed by atoms with van der Waals surface area (Å²) < 4.78 is 5.38. The number of allylic oxidation sites excluding steroid dienone is 1. The van der Waals surface area contributed by atoms with Crippen LogP contribution in [0.2, 0.25) is 0 Å². The Morgan fingerprint density at radius 1 is 1.53 bits per heavy atom. The van der Waals surface area contributed by atoms with Crippen LogP contribution >= 0.6 is 0 Å². The molecule has 0 bridgehead atoms. The molecule has 4 nitrogen and oxygen atoms in total. The van der Waals surface area contributed by atoms with Crippen molar-refractivity contribution in [2.45, 2.75) is 46.1 Å². The molecule has 1 aliphatic heterocycles. The van der Waals surface area contributed by atoms with Crippen LogP contribution in [0.15, 0.2) is 11.3 Å². The molecule has 1 aliphatic rings. The molecule has 98 valence electrons. The van der Waals surface area contributed by atoms with Crippen molar-refractivity contribution in [2.24, 2.45) is 5.92 Å². The molecule has 1 amide bonds. The molecule has 0 saturated heterocycles. The smallest absolute Gasteiger partial charge is 0.250 e. The Bertz CT molecular complexity index is 297. The minimum absolute atomic E-state index is 0.0229. The minimum atomic E-state index is -0.0469. The van der Waals surface area contributed by atoms with Crippen LogP contribution < -0.4 is 5.32 Å². The van der Waals surface area contributed by atoms with Crippen LogP contribution in [0.25, 0.3) is 0 Å². The number of ether oxygens (including phenoxy) is 1. The zero-order valence-electron chi connectivity index (χ0n) is 11.0. The summed E-state index contributed by atoms with van der Waals surface area (Å²) >= 11 is 0. The summed E-state index contributed by atoms with van der Waals surface area (Å²) in [6.45, 7) is 6.72. The van der Waals surface area contributed by atoms with Crippen LogP contribution in [0.3, 0.4) is 0 Å². The highest BCUT2D eigenvalue weighted by Gasteiger charge is 2.21. The van der Waals surface area contributed by atoms with Gasteiger partial charge in [-0.2, -0.15) is 0 Å². The lowest BCUT2D eigenvalue weighted by molar-refractivity contribution is -0.119. The van der Waals surface area contributed by atoms with E-state index < -0.39 is 0 Å². The summed E-state index contributed by atoms with van der Waals surface area (Å²) in [7, 11) is 0. The summed E-state index contributed by atoms with van der Waals surface area (Å²) in [5.74, 6) is 1.01. The largest absolute Gasteiger partial charge is 0.498 e. The lowest BCUT2D eigenvalue weighted by Crippen LogP contribution is -2.40. The van der Waals surface area contributed by atoms with Gasteiger partial charge in [-0.25, -0.2) is 0 Å². The number of amides is 1. The van der Waals surface area contributed by atoms with Gasteiger partial charge in [0.1, 0.15) is 5.76 Å². The quantitative estimate of drug-likeness (QED) is 0.768. The third kappa shape index (κ3) is 4.04. The molecule has 17 heavy (non-hydrogen) atoms. The van der Waals surface area contributed by atoms with Gasteiger partial charge in [0.05, 0.1) is 12.2 Å². The van der Waals surface area contributed by atoms with Crippen molar-refractivity contribution in [3.8, 4) is 0 Å². The molecule has 4 heteroatoms. The SMILES string of the molecule is CC1=C(C(=O)NC(CCO)C(C)C)CCCO1. The van der Waals surface area contributed by atoms with E-state index in [2.05, 4.69) is 5.32 Å². The summed E-state index contributed by atoms with van der Waals surface area (Å²) in [5, 5.41) is 12.0. The van der Waals surface area contributed by atoms with E-state index in [4.69, 9.17) is 9.84 Å². The zero-order chi connectivity index (χ0) is 12.8. The number of aliphatic hydroxyl groups is 1. The maximum atomic E-state index is 12.1. The summed E-state index contributed by atoms with van der Waals surface area (Å²) in [4.78, 5) is 12.1. The van der Waals surface area contributed by atoms with E-state index in [0.29, 0.717) is 18.9 Å². The Labute approximate surface area is 103 Å². The molecular weight excluding hydrogens is 218 g/mol. The lowest BCUT2D eigenvalue weighted by Gasteiger charge is -2.24. The molecule has 0 spiro atoms. The highest BCUT2D eigenvalue weighted by molar-refractivity contribution is 5.94. The Balaban J connectivity index is 2.63. The van der Waals surface area contributed by atoms with E-state index in [0.717, 1.165) is 24.2 Å². The normalized spacial score (nSPS) is 17.9. The number of rotatable bonds is 5. The monoisotopic (exact) mass is 241 g/mol. The van der Waals surface area contributed by atoms with Gasteiger partial charge in [0, 0.05) is 12.6 Å². The molecule has 0 radical (unpaired) electrons. The van der Waals surface area contributed by atoms with E-state index in [-0.39, 0.29) is 18.6 Å². The first-order valence-electron chi connectivity index (χ1n) is 6.30. The average Bonchev–Trinajstić information content (AvgIpc) is 2.28. The van der Waals surface area contributed by atoms with Gasteiger partial charge in [-0.1, -0.05) is 13.8 Å². The molecule has 1 unspecified atom stereocenters. The lowest BCUT2D eigenvalue weighted by atomic mass is 9.99. The molecule has 1 heterocycles. The van der Waals surface area contributed by atoms with Crippen LogP contribution in [-0.2, 0) is 9.53 Å². The van der Waals surface area contributed by atoms with Crippen molar-refractivity contribution < 1.29 is 14.6 Å². The number of nitrogens with one attached hydrogen (secondary N) is 1. The topological polar surface area (TPSA) is 58.6 Å². The van der Waals surface area contributed by atoms with Crippen molar-refractivity contribution in [3.05, 3.63) is 11.3 Å². The van der Waals surface area contributed by atoms with E-state index in [1.165, 1.54) is 0 Å². The summed E-state index contributed by atoms with van der Waals surface area (Å²) in [6, 6.07) is 0.0229. The number of aliphatic hydroxyl groups excluding tert-OH is 1. The summed E-state index contributed by atoms with van der Waals surface area (Å²) in [5.41, 5.74) is 0.750. The standard InChI is InChI=1S/C13H23NO3/c1-9(2)12(6-7-15)14-13(16)11-5-4-8-17-10(11)3/h9,12,15H,4-8H2,1-3H3,(H,14,16). The Hall–Kier alpha value is -1.03. The van der Waals surface area contributed by atoms with E-state index in [9.17, 15) is 4.79 Å². The third-order valence-corrected chi connectivity index (χ3v) is 3.15. The van der Waals surface area contributed by atoms with Gasteiger partial charge in [0.2, 0.25) is 0 Å². The predicted molar refractivity (Wildman–Crippen MR) is 66.4 cm³/mol. The second-order valence-electron chi connectivity index (χ2n) is 4.82. The van der Waals surface area contributed by atoms with Gasteiger partial charge in [0.15, 0.2) is 0 Å². The fraction of sp³-hybridized carbons (Fsp3) is 0.769. The molecule has 0 saturated carbocycles. The highest BCUT2D eigenvalue weighted by atomic mass is 16.5. The Morgan fingerprint density at radius 3 is 2.76 bits per heavy atom. The maximum Gasteiger partial charge on any atom is 0.250 e. The van der Waals surface area contributed by atoms with Crippen molar-refractivity contribution in [2.75, 3.05) is 13.2 Å². The molecule has 0 aliphatic carbocycles. The maximum absolute atomic E-state index is 12.1. The van der Waals surface area contributed by atoms with E-state index in [1.54, 1.807) is 0 Å². The third-order valence-electron chi connectivity index (χ3n) is 3.15. The summed E-state index contributed by atoms with van der Waals surface area (Å²) in [6.07, 6.45) is 2.27. The van der Waals surface area contributed by atoms with Crippen molar-refractivity contribution in [1.29, 1.82) is 0 Å². The number of carbonyl (C=O) groups is 1. The number of hydrogen-bond donors (Lipinski definition) is 2. The minimum Gasteiger partial charge on any atom is -0.498 e. The van der Waals surface area contributed by atoms with Gasteiger partial charge < -0.3 is 15.2 Å². The fourth-order valence-electron chi connectivity index (χ4n) is 1.98. The first kappa shape index (κ1) is 14.0. The molecule has 1 rings (SSSR count). The first-order chi connectivity index (χ1) is 8.06. The van der Waals surface area contributed by atoms with Crippen molar-refractivity contribution in [3.63, 3.8) is 0 Å². The molecule has 2 N–H and O–H groups in total. The van der Waals surface area contributed by atoms with Gasteiger partial charge >= 0.3 is 0 Å². The van der Waals surface area contributed by atoms with E-state index >= 15 is 0 Å². The van der Waals surface area contributed by atoms with Gasteiger partial charge in [-0.05, 0) is 32.1 Å². The Kier molecular flexibility index (Phi) is 5.48. The first-order valence-corrected chi connectivity index (χ1v) is 6.30. The number of carbonyl (C=O) groups excluding carboxylic acids is 1. The fourth-order valence-corrected chi connectivity index (χ4v) is 1.98. The van der Waals surface area contributed by atoms with Crippen LogP contribution in [0, 0.1) is 5.92 Å². The second kappa shape index (κ2) is 6.64. The highest BCUT2D eigenvalue weighted by Crippen LogP contribution is 2.19. The number of hydrogen-bond acceptors (Lipinski definition) is 3. The van der Waals surface area contributed by atoms with Crippen LogP contribution in [0.5, 0.6) is 0 Å². The predicted octanol–water partition coefficient (Wildman–Crippen LogP) is 1.59. The van der Waals surface area contributed by atoms with Gasteiger partial charge in [-0.15, -0.1) is 0 Å². The second-order valence-corrected chi connectivity index (χ2v) is 4.82. The van der Waals surface area contributed by atoms with E-state index in [1.807, 2.05) is 20.8 Å².